The maximum absolute atomic E-state index is 12.7. The number of aromatic nitrogens is 2. The van der Waals surface area contributed by atoms with E-state index in [4.69, 9.17) is 4.98 Å². The van der Waals surface area contributed by atoms with Crippen molar-refractivity contribution in [1.82, 2.24) is 19.8 Å². The lowest BCUT2D eigenvalue weighted by Gasteiger charge is -2.18. The van der Waals surface area contributed by atoms with Gasteiger partial charge in [0.15, 0.2) is 0 Å². The normalized spacial score (nSPS) is 11.2. The second kappa shape index (κ2) is 11.6. The van der Waals surface area contributed by atoms with Crippen molar-refractivity contribution in [2.75, 3.05) is 20.1 Å². The Morgan fingerprint density at radius 2 is 1.86 bits per heavy atom. The minimum Gasteiger partial charge on any atom is -0.356 e. The summed E-state index contributed by atoms with van der Waals surface area (Å²) in [5.41, 5.74) is 1.90. The Labute approximate surface area is 174 Å². The fourth-order valence-electron chi connectivity index (χ4n) is 3.53. The maximum atomic E-state index is 12.7. The molecule has 2 aromatic rings. The number of carbonyl (C=O) groups is 2. The third-order valence-corrected chi connectivity index (χ3v) is 5.53. The molecule has 160 valence electrons. The summed E-state index contributed by atoms with van der Waals surface area (Å²) < 4.78 is 2.03. The number of nitrogens with one attached hydrogen (secondary N) is 1. The Balaban J connectivity index is 2.04. The highest BCUT2D eigenvalue weighted by molar-refractivity contribution is 5.81. The smallest absolute Gasteiger partial charge is 0.242 e. The van der Waals surface area contributed by atoms with Gasteiger partial charge in [-0.1, -0.05) is 39.3 Å². The lowest BCUT2D eigenvalue weighted by molar-refractivity contribution is -0.130. The summed E-state index contributed by atoms with van der Waals surface area (Å²) in [6, 6.07) is 7.94. The Hall–Kier alpha value is -2.37. The molecule has 0 saturated carbocycles. The summed E-state index contributed by atoms with van der Waals surface area (Å²) in [5.74, 6) is 1.23. The molecule has 0 unspecified atom stereocenters. The zero-order valence-corrected chi connectivity index (χ0v) is 18.4. The molecular weight excluding hydrogens is 364 g/mol. The molecule has 0 aliphatic heterocycles. The molecule has 29 heavy (non-hydrogen) atoms. The number of rotatable bonds is 12. The van der Waals surface area contributed by atoms with Crippen LogP contribution < -0.4 is 5.32 Å². The van der Waals surface area contributed by atoms with Crippen molar-refractivity contribution < 1.29 is 9.59 Å². The van der Waals surface area contributed by atoms with E-state index >= 15 is 0 Å². The molecule has 2 rings (SSSR count). The van der Waals surface area contributed by atoms with Gasteiger partial charge in [0.05, 0.1) is 11.0 Å². The number of aryl methyl sites for hydroxylation is 1. The Morgan fingerprint density at radius 1 is 1.14 bits per heavy atom. The second-order valence-electron chi connectivity index (χ2n) is 7.68. The van der Waals surface area contributed by atoms with Crippen molar-refractivity contribution in [2.24, 2.45) is 5.92 Å². The molecular formula is C23H36N4O2. The van der Waals surface area contributed by atoms with Crippen molar-refractivity contribution in [3.05, 3.63) is 30.1 Å². The van der Waals surface area contributed by atoms with Crippen LogP contribution in [0.5, 0.6) is 0 Å². The minimum absolute atomic E-state index is 0.0934. The molecule has 1 N–H and O–H groups in total. The first-order chi connectivity index (χ1) is 14.0. The van der Waals surface area contributed by atoms with Crippen LogP contribution in [0.1, 0.15) is 58.7 Å². The van der Waals surface area contributed by atoms with Crippen LogP contribution in [0.25, 0.3) is 11.0 Å². The number of likely N-dealkylation sites (N-methyl/N-ethyl adjacent to an activating group) is 1. The van der Waals surface area contributed by atoms with Gasteiger partial charge in [-0.2, -0.15) is 0 Å². The van der Waals surface area contributed by atoms with Crippen molar-refractivity contribution >= 4 is 22.8 Å². The second-order valence-corrected chi connectivity index (χ2v) is 7.68. The summed E-state index contributed by atoms with van der Waals surface area (Å²) in [4.78, 5) is 31.4. The predicted octanol–water partition coefficient (Wildman–Crippen LogP) is 3.78. The number of nitrogens with zero attached hydrogens (tertiary/aromatic N) is 3. The maximum Gasteiger partial charge on any atom is 0.242 e. The summed E-state index contributed by atoms with van der Waals surface area (Å²) in [5, 5.41) is 3.04. The Bertz CT molecular complexity index is 795. The molecule has 0 saturated heterocycles. The standard InChI is InChI=1S/C23H36N4O2/c1-5-8-16-26(4)22(28)17-27-20-13-10-9-12-19(20)25-21(27)14-11-15-24-23(29)18(6-2)7-3/h9-10,12-13,18H,5-8,11,14-17H2,1-4H3,(H,24,29). The predicted molar refractivity (Wildman–Crippen MR) is 118 cm³/mol. The van der Waals surface area contributed by atoms with Crippen LogP contribution in [0.2, 0.25) is 0 Å². The number of carbonyl (C=O) groups excluding carboxylic acids is 2. The van der Waals surface area contributed by atoms with Crippen LogP contribution >= 0.6 is 0 Å². The third kappa shape index (κ3) is 6.31. The fraction of sp³-hybridized carbons (Fsp3) is 0.609. The van der Waals surface area contributed by atoms with Crippen molar-refractivity contribution in [2.45, 2.75) is 65.8 Å². The Morgan fingerprint density at radius 3 is 2.55 bits per heavy atom. The first-order valence-corrected chi connectivity index (χ1v) is 11.0. The van der Waals surface area contributed by atoms with E-state index in [-0.39, 0.29) is 17.7 Å². The van der Waals surface area contributed by atoms with E-state index in [1.54, 1.807) is 4.90 Å². The minimum atomic E-state index is 0.0934. The zero-order valence-electron chi connectivity index (χ0n) is 18.4. The van der Waals surface area contributed by atoms with Gasteiger partial charge < -0.3 is 14.8 Å². The molecule has 0 bridgehead atoms. The molecule has 6 heteroatoms. The molecule has 1 heterocycles. The van der Waals surface area contributed by atoms with E-state index in [2.05, 4.69) is 12.2 Å². The number of imidazole rings is 1. The van der Waals surface area contributed by atoms with Crippen LogP contribution in [0.4, 0.5) is 0 Å². The molecule has 1 aromatic carbocycles. The van der Waals surface area contributed by atoms with Crippen LogP contribution in [0.3, 0.4) is 0 Å². The monoisotopic (exact) mass is 400 g/mol. The van der Waals surface area contributed by atoms with Gasteiger partial charge >= 0.3 is 0 Å². The molecule has 0 spiro atoms. The van der Waals surface area contributed by atoms with Gasteiger partial charge in [-0.25, -0.2) is 4.98 Å². The van der Waals surface area contributed by atoms with Crippen molar-refractivity contribution in [1.29, 1.82) is 0 Å². The van der Waals surface area contributed by atoms with Gasteiger partial charge in [-0.05, 0) is 37.8 Å². The van der Waals surface area contributed by atoms with Crippen LogP contribution in [-0.4, -0.2) is 46.4 Å². The number of hydrogen-bond acceptors (Lipinski definition) is 3. The molecule has 0 atom stereocenters. The summed E-state index contributed by atoms with van der Waals surface area (Å²) in [6.07, 6.45) is 5.34. The third-order valence-electron chi connectivity index (χ3n) is 5.53. The van der Waals surface area contributed by atoms with E-state index in [1.807, 2.05) is 49.7 Å². The zero-order chi connectivity index (χ0) is 21.2. The van der Waals surface area contributed by atoms with Gasteiger partial charge in [0.25, 0.3) is 0 Å². The Kier molecular flexibility index (Phi) is 9.16. The van der Waals surface area contributed by atoms with Crippen molar-refractivity contribution in [3.8, 4) is 0 Å². The van der Waals surface area contributed by atoms with Crippen LogP contribution in [-0.2, 0) is 22.6 Å². The number of hydrogen-bond donors (Lipinski definition) is 1. The molecule has 0 radical (unpaired) electrons. The highest BCUT2D eigenvalue weighted by Gasteiger charge is 2.17. The first-order valence-electron chi connectivity index (χ1n) is 11.0. The van der Waals surface area contributed by atoms with Gasteiger partial charge in [-0.3, -0.25) is 9.59 Å². The summed E-state index contributed by atoms with van der Waals surface area (Å²) in [6.45, 7) is 7.93. The number of para-hydroxylation sites is 2. The highest BCUT2D eigenvalue weighted by Crippen LogP contribution is 2.17. The molecule has 0 fully saturated rings. The van der Waals surface area contributed by atoms with E-state index in [0.29, 0.717) is 13.1 Å². The van der Waals surface area contributed by atoms with Gasteiger partial charge in [-0.15, -0.1) is 0 Å². The first kappa shape index (κ1) is 22.9. The van der Waals surface area contributed by atoms with E-state index in [9.17, 15) is 9.59 Å². The number of amides is 2. The van der Waals surface area contributed by atoms with Crippen LogP contribution in [0, 0.1) is 5.92 Å². The van der Waals surface area contributed by atoms with E-state index in [1.165, 1.54) is 0 Å². The van der Waals surface area contributed by atoms with E-state index in [0.717, 1.165) is 61.9 Å². The number of benzene rings is 1. The average molecular weight is 401 g/mol. The number of fused-ring (bicyclic) bond motifs is 1. The average Bonchev–Trinajstić information content (AvgIpc) is 3.07. The van der Waals surface area contributed by atoms with Gasteiger partial charge in [0.1, 0.15) is 12.4 Å². The molecule has 0 aliphatic carbocycles. The largest absolute Gasteiger partial charge is 0.356 e. The highest BCUT2D eigenvalue weighted by atomic mass is 16.2. The van der Waals surface area contributed by atoms with E-state index < -0.39 is 0 Å². The van der Waals surface area contributed by atoms with Gasteiger partial charge in [0, 0.05) is 32.5 Å². The molecule has 6 nitrogen and oxygen atoms in total. The molecule has 1 aromatic heterocycles. The number of unbranched alkanes of at least 4 members (excludes halogenated alkanes) is 1. The summed E-state index contributed by atoms with van der Waals surface area (Å²) in [7, 11) is 1.87. The quantitative estimate of drug-likeness (QED) is 0.551. The lowest BCUT2D eigenvalue weighted by atomic mass is 10.0. The molecule has 0 aliphatic rings. The summed E-state index contributed by atoms with van der Waals surface area (Å²) >= 11 is 0. The van der Waals surface area contributed by atoms with Gasteiger partial charge in [0.2, 0.25) is 11.8 Å². The lowest BCUT2D eigenvalue weighted by Crippen LogP contribution is -2.32. The topological polar surface area (TPSA) is 67.2 Å². The van der Waals surface area contributed by atoms with Crippen molar-refractivity contribution in [3.63, 3.8) is 0 Å². The van der Waals surface area contributed by atoms with Crippen LogP contribution in [0.15, 0.2) is 24.3 Å². The molecule has 2 amide bonds. The fourth-order valence-corrected chi connectivity index (χ4v) is 3.53. The SMILES string of the molecule is CCCCN(C)C(=O)Cn1c(CCCNC(=O)C(CC)CC)nc2ccccc21.